The number of hydrogen-bond acceptors (Lipinski definition) is 7. The van der Waals surface area contributed by atoms with Gasteiger partial charge in [0.15, 0.2) is 11.5 Å². The molecule has 0 atom stereocenters. The summed E-state index contributed by atoms with van der Waals surface area (Å²) in [6.07, 6.45) is 0.632. The molecule has 2 rings (SSSR count). The Kier molecular flexibility index (Phi) is 6.07. The molecular formula is C18H25N3O5. The van der Waals surface area contributed by atoms with Crippen LogP contribution in [0.1, 0.15) is 33.1 Å². The van der Waals surface area contributed by atoms with Crippen molar-refractivity contribution in [3.63, 3.8) is 0 Å². The Labute approximate surface area is 152 Å². The molecule has 1 aromatic heterocycles. The standard InChI is InChI=1S/C18H25N3O5/c1-18(2,3)20-14(22)7-8-15-19-17(21-26-15)11-9-12(23-4)16(25-6)13(10-11)24-5/h9-10H,7-8H2,1-6H3,(H,20,22). The van der Waals surface area contributed by atoms with Crippen LogP contribution < -0.4 is 19.5 Å². The lowest BCUT2D eigenvalue weighted by atomic mass is 10.1. The summed E-state index contributed by atoms with van der Waals surface area (Å²) in [6.45, 7) is 5.79. The third kappa shape index (κ3) is 4.87. The molecule has 26 heavy (non-hydrogen) atoms. The zero-order chi connectivity index (χ0) is 19.3. The molecule has 0 saturated carbocycles. The highest BCUT2D eigenvalue weighted by Crippen LogP contribution is 2.40. The van der Waals surface area contributed by atoms with Crippen molar-refractivity contribution in [2.24, 2.45) is 0 Å². The molecule has 0 aliphatic rings. The lowest BCUT2D eigenvalue weighted by molar-refractivity contribution is -0.122. The summed E-state index contributed by atoms with van der Waals surface area (Å²) in [5, 5.41) is 6.87. The smallest absolute Gasteiger partial charge is 0.227 e. The van der Waals surface area contributed by atoms with Crippen molar-refractivity contribution in [3.8, 4) is 28.6 Å². The van der Waals surface area contributed by atoms with Crippen LogP contribution in [0.4, 0.5) is 0 Å². The van der Waals surface area contributed by atoms with Crippen LogP contribution >= 0.6 is 0 Å². The molecule has 0 radical (unpaired) electrons. The summed E-state index contributed by atoms with van der Waals surface area (Å²) in [4.78, 5) is 16.2. The molecule has 1 aromatic carbocycles. The van der Waals surface area contributed by atoms with Gasteiger partial charge >= 0.3 is 0 Å². The third-order valence-electron chi connectivity index (χ3n) is 3.47. The van der Waals surface area contributed by atoms with Gasteiger partial charge in [0.05, 0.1) is 21.3 Å². The van der Waals surface area contributed by atoms with Gasteiger partial charge in [0, 0.05) is 23.9 Å². The summed E-state index contributed by atoms with van der Waals surface area (Å²) in [5.41, 5.74) is 0.390. The van der Waals surface area contributed by atoms with Crippen molar-refractivity contribution in [2.45, 2.75) is 39.2 Å². The lowest BCUT2D eigenvalue weighted by Crippen LogP contribution is -2.40. The van der Waals surface area contributed by atoms with Gasteiger partial charge in [-0.15, -0.1) is 0 Å². The van der Waals surface area contributed by atoms with Crippen molar-refractivity contribution in [1.82, 2.24) is 15.5 Å². The van der Waals surface area contributed by atoms with Gasteiger partial charge in [0.25, 0.3) is 0 Å². The summed E-state index contributed by atoms with van der Waals surface area (Å²) in [5.74, 6) is 2.19. The van der Waals surface area contributed by atoms with Crippen molar-refractivity contribution in [3.05, 3.63) is 18.0 Å². The van der Waals surface area contributed by atoms with Gasteiger partial charge in [0.1, 0.15) is 0 Å². The zero-order valence-electron chi connectivity index (χ0n) is 16.0. The number of benzene rings is 1. The summed E-state index contributed by atoms with van der Waals surface area (Å²) in [6, 6.07) is 3.48. The minimum Gasteiger partial charge on any atom is -0.493 e. The molecule has 0 saturated heterocycles. The molecule has 0 spiro atoms. The van der Waals surface area contributed by atoms with E-state index in [9.17, 15) is 4.79 Å². The van der Waals surface area contributed by atoms with Gasteiger partial charge in [-0.25, -0.2) is 0 Å². The Balaban J connectivity index is 2.15. The van der Waals surface area contributed by atoms with Gasteiger partial charge < -0.3 is 24.1 Å². The Morgan fingerprint density at radius 1 is 1.12 bits per heavy atom. The first kappa shape index (κ1) is 19.6. The first-order valence-electron chi connectivity index (χ1n) is 8.21. The topological polar surface area (TPSA) is 95.7 Å². The molecule has 8 heteroatoms. The van der Waals surface area contributed by atoms with Gasteiger partial charge in [-0.3, -0.25) is 4.79 Å². The number of carbonyl (C=O) groups is 1. The number of methoxy groups -OCH3 is 3. The van der Waals surface area contributed by atoms with E-state index in [0.29, 0.717) is 40.9 Å². The maximum Gasteiger partial charge on any atom is 0.227 e. The number of carbonyl (C=O) groups excluding carboxylic acids is 1. The number of aromatic nitrogens is 2. The van der Waals surface area contributed by atoms with Crippen molar-refractivity contribution in [2.75, 3.05) is 21.3 Å². The van der Waals surface area contributed by atoms with Crippen molar-refractivity contribution >= 4 is 5.91 Å². The van der Waals surface area contributed by atoms with Crippen LogP contribution in [0.3, 0.4) is 0 Å². The Hall–Kier alpha value is -2.77. The molecule has 8 nitrogen and oxygen atoms in total. The Morgan fingerprint density at radius 3 is 2.23 bits per heavy atom. The first-order valence-corrected chi connectivity index (χ1v) is 8.21. The summed E-state index contributed by atoms with van der Waals surface area (Å²) < 4.78 is 21.2. The van der Waals surface area contributed by atoms with E-state index in [1.165, 1.54) is 21.3 Å². The molecule has 0 unspecified atom stereocenters. The minimum absolute atomic E-state index is 0.0648. The Bertz CT molecular complexity index is 739. The molecule has 0 fully saturated rings. The van der Waals surface area contributed by atoms with E-state index in [2.05, 4.69) is 15.5 Å². The fourth-order valence-electron chi connectivity index (χ4n) is 2.39. The van der Waals surface area contributed by atoms with E-state index in [-0.39, 0.29) is 17.9 Å². The maximum absolute atomic E-state index is 11.9. The second-order valence-corrected chi connectivity index (χ2v) is 6.72. The molecule has 1 amide bonds. The summed E-state index contributed by atoms with van der Waals surface area (Å²) in [7, 11) is 4.61. The van der Waals surface area contributed by atoms with E-state index in [0.717, 1.165) is 0 Å². The van der Waals surface area contributed by atoms with Crippen LogP contribution in [0, 0.1) is 0 Å². The number of amides is 1. The molecule has 142 valence electrons. The first-order chi connectivity index (χ1) is 12.3. The van der Waals surface area contributed by atoms with E-state index < -0.39 is 0 Å². The molecule has 1 heterocycles. The summed E-state index contributed by atoms with van der Waals surface area (Å²) >= 11 is 0. The van der Waals surface area contributed by atoms with E-state index in [1.54, 1.807) is 12.1 Å². The SMILES string of the molecule is COc1cc(-c2noc(CCC(=O)NC(C)(C)C)n2)cc(OC)c1OC. The third-order valence-corrected chi connectivity index (χ3v) is 3.47. The molecule has 0 aliphatic carbocycles. The fraction of sp³-hybridized carbons (Fsp3) is 0.500. The second kappa shape index (κ2) is 8.07. The molecule has 2 aromatic rings. The van der Waals surface area contributed by atoms with Crippen LogP contribution in [-0.4, -0.2) is 42.9 Å². The Morgan fingerprint density at radius 2 is 1.73 bits per heavy atom. The number of nitrogens with zero attached hydrogens (tertiary/aromatic N) is 2. The molecule has 0 bridgehead atoms. The molecule has 0 aliphatic heterocycles. The predicted octanol–water partition coefficient (Wildman–Crippen LogP) is 2.61. The highest BCUT2D eigenvalue weighted by molar-refractivity contribution is 5.76. The number of hydrogen-bond donors (Lipinski definition) is 1. The highest BCUT2D eigenvalue weighted by Gasteiger charge is 2.18. The van der Waals surface area contributed by atoms with E-state index in [1.807, 2.05) is 20.8 Å². The highest BCUT2D eigenvalue weighted by atomic mass is 16.5. The van der Waals surface area contributed by atoms with Crippen molar-refractivity contribution in [1.29, 1.82) is 0 Å². The van der Waals surface area contributed by atoms with Gasteiger partial charge in [-0.1, -0.05) is 5.16 Å². The molecular weight excluding hydrogens is 338 g/mol. The molecule has 1 N–H and O–H groups in total. The average Bonchev–Trinajstić information content (AvgIpc) is 3.06. The minimum atomic E-state index is -0.271. The van der Waals surface area contributed by atoms with Crippen LogP contribution in [0.2, 0.25) is 0 Å². The normalized spacial score (nSPS) is 11.2. The largest absolute Gasteiger partial charge is 0.493 e. The van der Waals surface area contributed by atoms with Crippen LogP contribution in [0.15, 0.2) is 16.7 Å². The average molecular weight is 363 g/mol. The number of rotatable bonds is 7. The number of ether oxygens (including phenoxy) is 3. The van der Waals surface area contributed by atoms with Crippen LogP contribution in [0.5, 0.6) is 17.2 Å². The number of nitrogens with one attached hydrogen (secondary N) is 1. The predicted molar refractivity (Wildman–Crippen MR) is 95.6 cm³/mol. The number of aryl methyl sites for hydroxylation is 1. The van der Waals surface area contributed by atoms with Gasteiger partial charge in [0.2, 0.25) is 23.4 Å². The van der Waals surface area contributed by atoms with Crippen LogP contribution in [-0.2, 0) is 11.2 Å². The van der Waals surface area contributed by atoms with Gasteiger partial charge in [-0.05, 0) is 32.9 Å². The van der Waals surface area contributed by atoms with Gasteiger partial charge in [-0.2, -0.15) is 4.98 Å². The van der Waals surface area contributed by atoms with E-state index >= 15 is 0 Å². The monoisotopic (exact) mass is 363 g/mol. The van der Waals surface area contributed by atoms with Crippen molar-refractivity contribution < 1.29 is 23.5 Å². The van der Waals surface area contributed by atoms with E-state index in [4.69, 9.17) is 18.7 Å². The van der Waals surface area contributed by atoms with Crippen LogP contribution in [0.25, 0.3) is 11.4 Å². The lowest BCUT2D eigenvalue weighted by Gasteiger charge is -2.20. The zero-order valence-corrected chi connectivity index (χ0v) is 16.0. The fourth-order valence-corrected chi connectivity index (χ4v) is 2.39. The maximum atomic E-state index is 11.9. The second-order valence-electron chi connectivity index (χ2n) is 6.72. The quantitative estimate of drug-likeness (QED) is 0.808.